The molecule has 122 valence electrons. The van der Waals surface area contributed by atoms with E-state index in [2.05, 4.69) is 10.5 Å². The van der Waals surface area contributed by atoms with Gasteiger partial charge < -0.3 is 9.84 Å². The number of nitrogens with zero attached hydrogens (tertiary/aromatic N) is 2. The summed E-state index contributed by atoms with van der Waals surface area (Å²) in [6.07, 6.45) is 4.57. The van der Waals surface area contributed by atoms with Gasteiger partial charge in [0.1, 0.15) is 0 Å². The number of hydrogen-bond donors (Lipinski definition) is 1. The molecular formula is C16H19N3O3S. The zero-order chi connectivity index (χ0) is 15.9. The van der Waals surface area contributed by atoms with Crippen LogP contribution in [0.5, 0.6) is 0 Å². The first kappa shape index (κ1) is 14.9. The van der Waals surface area contributed by atoms with E-state index in [4.69, 9.17) is 4.52 Å². The molecule has 0 amide bonds. The number of rotatable bonds is 3. The lowest BCUT2D eigenvalue weighted by Crippen LogP contribution is -2.39. The molecule has 2 aromatic rings. The zero-order valence-corrected chi connectivity index (χ0v) is 13.5. The van der Waals surface area contributed by atoms with Gasteiger partial charge in [0.25, 0.3) is 0 Å². The van der Waals surface area contributed by atoms with Crippen molar-refractivity contribution in [3.63, 3.8) is 0 Å². The van der Waals surface area contributed by atoms with Gasteiger partial charge in [0.2, 0.25) is 10.0 Å². The highest BCUT2D eigenvalue weighted by Crippen LogP contribution is 2.31. The van der Waals surface area contributed by atoms with Crippen molar-refractivity contribution in [3.05, 3.63) is 36.5 Å². The Morgan fingerprint density at radius 3 is 2.78 bits per heavy atom. The Bertz CT molecular complexity index is 789. The van der Waals surface area contributed by atoms with Gasteiger partial charge in [-0.1, -0.05) is 17.3 Å². The molecule has 2 aliphatic heterocycles. The molecule has 3 heterocycles. The lowest BCUT2D eigenvalue weighted by molar-refractivity contribution is 0.383. The number of aromatic nitrogens is 1. The fourth-order valence-corrected chi connectivity index (χ4v) is 5.22. The first-order valence-corrected chi connectivity index (χ1v) is 9.35. The van der Waals surface area contributed by atoms with Crippen molar-refractivity contribution in [2.45, 2.75) is 36.2 Å². The molecule has 1 aromatic carbocycles. The summed E-state index contributed by atoms with van der Waals surface area (Å²) in [5.41, 5.74) is 0.562. The Hall–Kier alpha value is -1.70. The molecule has 0 radical (unpaired) electrons. The van der Waals surface area contributed by atoms with Crippen LogP contribution in [0.1, 0.15) is 19.3 Å². The normalized spacial score (nSPS) is 25.4. The van der Waals surface area contributed by atoms with Crippen LogP contribution in [0.2, 0.25) is 0 Å². The van der Waals surface area contributed by atoms with Crippen LogP contribution >= 0.6 is 0 Å². The van der Waals surface area contributed by atoms with Crippen LogP contribution in [0, 0.1) is 0 Å². The third kappa shape index (κ3) is 2.69. The largest absolute Gasteiger partial charge is 0.356 e. The van der Waals surface area contributed by atoms with Gasteiger partial charge in [-0.25, -0.2) is 8.42 Å². The molecular weight excluding hydrogens is 314 g/mol. The third-order valence-corrected chi connectivity index (χ3v) is 6.62. The highest BCUT2D eigenvalue weighted by Gasteiger charge is 2.36. The summed E-state index contributed by atoms with van der Waals surface area (Å²) in [6.45, 7) is 1.09. The monoisotopic (exact) mass is 333 g/mol. The van der Waals surface area contributed by atoms with Crippen LogP contribution in [-0.2, 0) is 10.0 Å². The Morgan fingerprint density at radius 1 is 1.13 bits per heavy atom. The van der Waals surface area contributed by atoms with E-state index in [0.29, 0.717) is 30.5 Å². The highest BCUT2D eigenvalue weighted by molar-refractivity contribution is 7.89. The number of nitrogens with one attached hydrogen (secondary N) is 1. The maximum Gasteiger partial charge on any atom is 0.243 e. The molecule has 2 bridgehead atoms. The molecule has 0 aliphatic carbocycles. The van der Waals surface area contributed by atoms with Crippen LogP contribution in [0.4, 0.5) is 0 Å². The molecule has 2 fully saturated rings. The summed E-state index contributed by atoms with van der Waals surface area (Å²) < 4.78 is 33.1. The Morgan fingerprint density at radius 2 is 1.96 bits per heavy atom. The van der Waals surface area contributed by atoms with E-state index in [1.165, 1.54) is 6.20 Å². The highest BCUT2D eigenvalue weighted by atomic mass is 32.2. The number of benzene rings is 1. The second-order valence-corrected chi connectivity index (χ2v) is 8.07. The minimum atomic E-state index is -3.56. The van der Waals surface area contributed by atoms with Gasteiger partial charge in [-0.15, -0.1) is 0 Å². The number of sulfonamides is 1. The van der Waals surface area contributed by atoms with Crippen LogP contribution in [-0.4, -0.2) is 43.1 Å². The Kier molecular flexibility index (Phi) is 3.71. The first-order valence-electron chi connectivity index (χ1n) is 7.91. The Labute approximate surface area is 135 Å². The van der Waals surface area contributed by atoms with Crippen molar-refractivity contribution in [2.24, 2.45) is 0 Å². The molecule has 1 N–H and O–H groups in total. The predicted molar refractivity (Wildman–Crippen MR) is 85.3 cm³/mol. The van der Waals surface area contributed by atoms with Crippen LogP contribution in [0.25, 0.3) is 11.3 Å². The zero-order valence-electron chi connectivity index (χ0n) is 12.7. The van der Waals surface area contributed by atoms with Gasteiger partial charge in [0.05, 0.1) is 11.1 Å². The number of fused-ring (bicyclic) bond motifs is 2. The maximum atomic E-state index is 13.2. The predicted octanol–water partition coefficient (Wildman–Crippen LogP) is 1.86. The molecule has 23 heavy (non-hydrogen) atoms. The summed E-state index contributed by atoms with van der Waals surface area (Å²) in [4.78, 5) is 0.287. The standard InChI is InChI=1S/C16H19N3O3S/c20-23(21,19-10-8-12-5-6-13(11-19)18-12)16-4-2-1-3-14(16)15-7-9-17-22-15/h1-4,7,9,12-13,18H,5-6,8,10-11H2. The van der Waals surface area contributed by atoms with Gasteiger partial charge in [0.15, 0.2) is 5.76 Å². The lowest BCUT2D eigenvalue weighted by atomic mass is 10.1. The van der Waals surface area contributed by atoms with Crippen molar-refractivity contribution < 1.29 is 12.9 Å². The minimum Gasteiger partial charge on any atom is -0.356 e. The van der Waals surface area contributed by atoms with Crippen molar-refractivity contribution in [1.29, 1.82) is 0 Å². The van der Waals surface area contributed by atoms with Crippen molar-refractivity contribution in [3.8, 4) is 11.3 Å². The van der Waals surface area contributed by atoms with Crippen LogP contribution in [0.3, 0.4) is 0 Å². The van der Waals surface area contributed by atoms with Gasteiger partial charge in [0, 0.05) is 36.8 Å². The van der Waals surface area contributed by atoms with E-state index in [-0.39, 0.29) is 10.9 Å². The molecule has 7 heteroatoms. The van der Waals surface area contributed by atoms with Crippen LogP contribution < -0.4 is 5.32 Å². The van der Waals surface area contributed by atoms with E-state index in [9.17, 15) is 8.42 Å². The average Bonchev–Trinajstić information content (AvgIpc) is 3.17. The number of hydrogen-bond acceptors (Lipinski definition) is 5. The van der Waals surface area contributed by atoms with E-state index < -0.39 is 10.0 Å². The third-order valence-electron chi connectivity index (χ3n) is 4.69. The molecule has 2 aliphatic rings. The van der Waals surface area contributed by atoms with Crippen molar-refractivity contribution >= 4 is 10.0 Å². The Balaban J connectivity index is 1.72. The average molecular weight is 333 g/mol. The minimum absolute atomic E-state index is 0.259. The molecule has 4 rings (SSSR count). The second kappa shape index (κ2) is 5.74. The van der Waals surface area contributed by atoms with E-state index in [1.807, 2.05) is 6.07 Å². The van der Waals surface area contributed by atoms with Crippen molar-refractivity contribution in [2.75, 3.05) is 13.1 Å². The summed E-state index contributed by atoms with van der Waals surface area (Å²) in [5.74, 6) is 0.471. The summed E-state index contributed by atoms with van der Waals surface area (Å²) in [7, 11) is -3.56. The first-order chi connectivity index (χ1) is 11.1. The lowest BCUT2D eigenvalue weighted by Gasteiger charge is -2.24. The fraction of sp³-hybridized carbons (Fsp3) is 0.438. The summed E-state index contributed by atoms with van der Waals surface area (Å²) in [6, 6.07) is 9.34. The van der Waals surface area contributed by atoms with E-state index >= 15 is 0 Å². The fourth-order valence-electron chi connectivity index (χ4n) is 3.52. The van der Waals surface area contributed by atoms with E-state index in [0.717, 1.165) is 19.3 Å². The molecule has 0 spiro atoms. The summed E-state index contributed by atoms with van der Waals surface area (Å²) >= 11 is 0. The van der Waals surface area contributed by atoms with Gasteiger partial charge >= 0.3 is 0 Å². The molecule has 2 atom stereocenters. The van der Waals surface area contributed by atoms with Gasteiger partial charge in [-0.3, -0.25) is 0 Å². The molecule has 1 aromatic heterocycles. The van der Waals surface area contributed by atoms with E-state index in [1.54, 1.807) is 28.6 Å². The molecule has 2 saturated heterocycles. The molecule has 6 nitrogen and oxygen atoms in total. The quantitative estimate of drug-likeness (QED) is 0.928. The topological polar surface area (TPSA) is 75.4 Å². The molecule has 2 unspecified atom stereocenters. The van der Waals surface area contributed by atoms with Crippen molar-refractivity contribution in [1.82, 2.24) is 14.8 Å². The SMILES string of the molecule is O=S(=O)(c1ccccc1-c1ccno1)N1CCC2CCC(C1)N2. The van der Waals surface area contributed by atoms with Gasteiger partial charge in [-0.2, -0.15) is 4.31 Å². The van der Waals surface area contributed by atoms with Gasteiger partial charge in [-0.05, 0) is 31.4 Å². The summed E-state index contributed by atoms with van der Waals surface area (Å²) in [5, 5.41) is 7.20. The van der Waals surface area contributed by atoms with Crippen LogP contribution in [0.15, 0.2) is 45.9 Å². The smallest absolute Gasteiger partial charge is 0.243 e. The second-order valence-electron chi connectivity index (χ2n) is 6.16. The maximum absolute atomic E-state index is 13.2. The molecule has 0 saturated carbocycles.